The van der Waals surface area contributed by atoms with E-state index in [0.717, 1.165) is 193 Å². The van der Waals surface area contributed by atoms with E-state index in [4.69, 9.17) is 37.0 Å². The van der Waals surface area contributed by atoms with E-state index >= 15 is 0 Å². The maximum Gasteiger partial charge on any atom is 0.472 e. The summed E-state index contributed by atoms with van der Waals surface area (Å²) >= 11 is 0. The number of phosphoric acid groups is 2. The lowest BCUT2D eigenvalue weighted by molar-refractivity contribution is -0.161. The zero-order valence-corrected chi connectivity index (χ0v) is 64.4. The topological polar surface area (TPSA) is 237 Å². The van der Waals surface area contributed by atoms with Gasteiger partial charge in [0.25, 0.3) is 0 Å². The van der Waals surface area contributed by atoms with Crippen molar-refractivity contribution < 1.29 is 80.2 Å². The Morgan fingerprint density at radius 3 is 0.840 bits per heavy atom. The third-order valence-electron chi connectivity index (χ3n) is 15.9. The molecular weight excluding hydrogens is 1310 g/mol. The lowest BCUT2D eigenvalue weighted by Crippen LogP contribution is -2.30. The van der Waals surface area contributed by atoms with Gasteiger partial charge < -0.3 is 33.8 Å². The van der Waals surface area contributed by atoms with Gasteiger partial charge in [0.05, 0.1) is 26.4 Å². The standard InChI is InChI=1S/C81H138O17P2/c1-5-9-13-17-21-25-29-33-36-37-40-43-46-50-54-58-62-66-79(84)92-72-77(98-81(86)68-64-60-56-52-48-44-39-35-31-27-23-19-15-11-7-3)74-96-100(89,90)94-70-75(82)69-93-99(87,88)95-73-76(97-80(85)67-63-59-55-51-47-41-32-28-24-20-16-12-8-4)71-91-78(83)65-61-57-53-49-45-42-38-34-30-26-22-18-14-10-6-2/h9,13,16,20-23,25-28,32-36,38-40,43,75-77,82H,5-8,10-12,14-15,17-19,24,29-31,37,41-42,44-74H2,1-4H3,(H,87,88)(H,89,90)/b13-9-,20-16-,25-21-,26-22-,27-23-,32-28-,36-33-,38-34-,39-35-,43-40-. The third kappa shape index (κ3) is 71.8. The molecule has 0 aliphatic rings. The number of aliphatic hydroxyl groups is 1. The number of carbonyl (C=O) groups is 4. The molecule has 0 saturated carbocycles. The molecule has 0 heterocycles. The fourth-order valence-electron chi connectivity index (χ4n) is 9.96. The van der Waals surface area contributed by atoms with Crippen molar-refractivity contribution >= 4 is 39.5 Å². The van der Waals surface area contributed by atoms with Crippen LogP contribution in [0.5, 0.6) is 0 Å². The van der Waals surface area contributed by atoms with Crippen molar-refractivity contribution in [3.05, 3.63) is 122 Å². The lowest BCUT2D eigenvalue weighted by Gasteiger charge is -2.21. The normalized spacial score (nSPS) is 14.6. The number of hydrogen-bond donors (Lipinski definition) is 3. The fourth-order valence-corrected chi connectivity index (χ4v) is 11.5. The highest BCUT2D eigenvalue weighted by atomic mass is 31.2. The number of rotatable bonds is 72. The Bertz CT molecular complexity index is 2370. The molecule has 0 aromatic carbocycles. The van der Waals surface area contributed by atoms with Gasteiger partial charge in [0.2, 0.25) is 0 Å². The van der Waals surface area contributed by atoms with Crippen LogP contribution in [-0.2, 0) is 65.4 Å². The highest BCUT2D eigenvalue weighted by molar-refractivity contribution is 7.47. The molecule has 3 N–H and O–H groups in total. The Balaban J connectivity index is 5.40. The van der Waals surface area contributed by atoms with Gasteiger partial charge in [0, 0.05) is 25.7 Å². The van der Waals surface area contributed by atoms with Gasteiger partial charge in [0.1, 0.15) is 19.3 Å². The number of phosphoric ester groups is 2. The average molecular weight is 1450 g/mol. The van der Waals surface area contributed by atoms with E-state index in [1.54, 1.807) is 0 Å². The first-order valence-electron chi connectivity index (χ1n) is 38.8. The SMILES string of the molecule is CC/C=C\C/C=C\C/C=C\C/C=C\CCCCCCC(=O)OCC(COP(=O)(O)OCC(O)COP(=O)(O)OCC(COC(=O)CCCCCCC/C=C\C/C=C\CCCCC)OC(=O)CCCCCCC/C=C\C/C=C\CCC)OC(=O)CCCCCCC/C=C\C/C=C\CCCCC. The van der Waals surface area contributed by atoms with Crippen molar-refractivity contribution in [3.8, 4) is 0 Å². The Morgan fingerprint density at radius 2 is 0.540 bits per heavy atom. The molecule has 0 bridgehead atoms. The van der Waals surface area contributed by atoms with Crippen molar-refractivity contribution in [1.82, 2.24) is 0 Å². The van der Waals surface area contributed by atoms with Gasteiger partial charge in [-0.3, -0.25) is 37.3 Å². The Labute approximate surface area is 606 Å². The van der Waals surface area contributed by atoms with E-state index in [-0.39, 0.29) is 25.7 Å². The molecule has 0 aromatic rings. The van der Waals surface area contributed by atoms with Crippen LogP contribution in [0, 0.1) is 0 Å². The Hall–Kier alpha value is -4.54. The number of ether oxygens (including phenoxy) is 4. The molecule has 0 aromatic heterocycles. The van der Waals surface area contributed by atoms with E-state index in [2.05, 4.69) is 149 Å². The van der Waals surface area contributed by atoms with Crippen molar-refractivity contribution in [1.29, 1.82) is 0 Å². The van der Waals surface area contributed by atoms with Crippen LogP contribution in [0.2, 0.25) is 0 Å². The molecule has 0 amide bonds. The summed E-state index contributed by atoms with van der Waals surface area (Å²) in [6.07, 6.45) is 78.9. The van der Waals surface area contributed by atoms with Crippen LogP contribution in [-0.4, -0.2) is 96.7 Å². The number of hydrogen-bond acceptors (Lipinski definition) is 15. The smallest absolute Gasteiger partial charge is 0.462 e. The van der Waals surface area contributed by atoms with E-state index in [9.17, 15) is 43.2 Å². The van der Waals surface area contributed by atoms with Crippen LogP contribution in [0.15, 0.2) is 122 Å². The summed E-state index contributed by atoms with van der Waals surface area (Å²) in [5.74, 6) is -2.25. The molecule has 574 valence electrons. The summed E-state index contributed by atoms with van der Waals surface area (Å²) in [6, 6.07) is 0. The second-order valence-corrected chi connectivity index (χ2v) is 28.5. The van der Waals surface area contributed by atoms with Crippen LogP contribution >= 0.6 is 15.6 Å². The van der Waals surface area contributed by atoms with Gasteiger partial charge >= 0.3 is 39.5 Å². The monoisotopic (exact) mass is 1440 g/mol. The summed E-state index contributed by atoms with van der Waals surface area (Å²) in [6.45, 7) is 4.57. The van der Waals surface area contributed by atoms with E-state index < -0.39 is 97.5 Å². The molecular formula is C81H138O17P2. The minimum atomic E-state index is -4.99. The van der Waals surface area contributed by atoms with Crippen LogP contribution in [0.25, 0.3) is 0 Å². The highest BCUT2D eigenvalue weighted by Crippen LogP contribution is 2.45. The molecule has 0 saturated heterocycles. The summed E-state index contributed by atoms with van der Waals surface area (Å²) in [5.41, 5.74) is 0. The lowest BCUT2D eigenvalue weighted by atomic mass is 10.1. The maximum absolute atomic E-state index is 13.1. The predicted octanol–water partition coefficient (Wildman–Crippen LogP) is 22.3. The van der Waals surface area contributed by atoms with Gasteiger partial charge in [-0.1, -0.05) is 252 Å². The van der Waals surface area contributed by atoms with Gasteiger partial charge in [-0.15, -0.1) is 0 Å². The predicted molar refractivity (Wildman–Crippen MR) is 408 cm³/mol. The van der Waals surface area contributed by atoms with Gasteiger partial charge in [0.15, 0.2) is 12.2 Å². The van der Waals surface area contributed by atoms with Crippen LogP contribution in [0.4, 0.5) is 0 Å². The quantitative estimate of drug-likeness (QED) is 0.0169. The van der Waals surface area contributed by atoms with Crippen LogP contribution < -0.4 is 0 Å². The molecule has 17 nitrogen and oxygen atoms in total. The molecule has 0 spiro atoms. The van der Waals surface area contributed by atoms with E-state index in [1.807, 2.05) is 0 Å². The first-order chi connectivity index (χ1) is 48.7. The average Bonchev–Trinajstić information content (AvgIpc) is 1.06. The molecule has 19 heteroatoms. The summed E-state index contributed by atoms with van der Waals surface area (Å²) in [7, 11) is -9.97. The molecule has 100 heavy (non-hydrogen) atoms. The summed E-state index contributed by atoms with van der Waals surface area (Å²) < 4.78 is 68.5. The number of esters is 4. The van der Waals surface area contributed by atoms with Gasteiger partial charge in [-0.25, -0.2) is 9.13 Å². The summed E-state index contributed by atoms with van der Waals surface area (Å²) in [5, 5.41) is 10.6. The first kappa shape index (κ1) is 95.5. The molecule has 0 fully saturated rings. The first-order valence-corrected chi connectivity index (χ1v) is 41.8. The molecule has 5 unspecified atom stereocenters. The van der Waals surface area contributed by atoms with Gasteiger partial charge in [-0.05, 0) is 154 Å². The van der Waals surface area contributed by atoms with E-state index in [0.29, 0.717) is 25.7 Å². The second kappa shape index (κ2) is 72.8. The number of aliphatic hydroxyl groups excluding tert-OH is 1. The highest BCUT2D eigenvalue weighted by Gasteiger charge is 2.30. The van der Waals surface area contributed by atoms with Crippen molar-refractivity contribution in [2.45, 2.75) is 329 Å². The summed E-state index contributed by atoms with van der Waals surface area (Å²) in [4.78, 5) is 72.9. The zero-order chi connectivity index (χ0) is 73.2. The molecule has 0 aliphatic carbocycles. The van der Waals surface area contributed by atoms with Gasteiger partial charge in [-0.2, -0.15) is 0 Å². The number of carbonyl (C=O) groups excluding carboxylic acids is 4. The fraction of sp³-hybridized carbons (Fsp3) is 0.704. The second-order valence-electron chi connectivity index (χ2n) is 25.6. The molecule has 5 atom stereocenters. The minimum Gasteiger partial charge on any atom is -0.462 e. The Morgan fingerprint density at radius 1 is 0.290 bits per heavy atom. The van der Waals surface area contributed by atoms with Crippen molar-refractivity contribution in [2.24, 2.45) is 0 Å². The zero-order valence-electron chi connectivity index (χ0n) is 62.6. The minimum absolute atomic E-state index is 0.0706. The molecule has 0 rings (SSSR count). The van der Waals surface area contributed by atoms with Crippen LogP contribution in [0.1, 0.15) is 310 Å². The largest absolute Gasteiger partial charge is 0.472 e. The maximum atomic E-state index is 13.1. The third-order valence-corrected chi connectivity index (χ3v) is 17.8. The number of unbranched alkanes of at least 4 members (excludes halogenated alkanes) is 26. The van der Waals surface area contributed by atoms with Crippen LogP contribution in [0.3, 0.4) is 0 Å². The molecule has 0 aliphatic heterocycles. The van der Waals surface area contributed by atoms with E-state index in [1.165, 1.54) is 38.5 Å². The Kier molecular flexibility index (Phi) is 69.5. The van der Waals surface area contributed by atoms with Crippen molar-refractivity contribution in [3.63, 3.8) is 0 Å². The van der Waals surface area contributed by atoms with Crippen molar-refractivity contribution in [2.75, 3.05) is 39.6 Å². The number of allylic oxidation sites excluding steroid dienone is 20. The molecule has 0 radical (unpaired) electrons.